The van der Waals surface area contributed by atoms with Gasteiger partial charge >= 0.3 is 5.69 Å². The summed E-state index contributed by atoms with van der Waals surface area (Å²) in [6.45, 7) is 0.263. The Morgan fingerprint density at radius 3 is 2.94 bits per heavy atom. The van der Waals surface area contributed by atoms with Crippen molar-refractivity contribution in [3.8, 4) is 0 Å². The molecule has 7 heteroatoms. The minimum Gasteiger partial charge on any atom is -0.396 e. The second-order valence-electron chi connectivity index (χ2n) is 3.29. The lowest BCUT2D eigenvalue weighted by molar-refractivity contribution is 0.0874. The molecule has 16 heavy (non-hydrogen) atoms. The number of hydrogen-bond acceptors (Lipinski definition) is 4. The van der Waals surface area contributed by atoms with Crippen molar-refractivity contribution < 1.29 is 14.6 Å². The third kappa shape index (κ3) is 3.52. The highest BCUT2D eigenvalue weighted by Crippen LogP contribution is 1.95. The Labute approximate surface area is 91.8 Å². The molecule has 0 spiro atoms. The van der Waals surface area contributed by atoms with Crippen LogP contribution in [-0.2, 0) is 4.74 Å². The summed E-state index contributed by atoms with van der Waals surface area (Å²) in [5.74, 6) is -0.408. The number of hydrogen-bond donors (Lipinski definition) is 4. The molecule has 1 atom stereocenters. The number of aromatic nitrogens is 2. The number of imidazole rings is 1. The van der Waals surface area contributed by atoms with Crippen molar-refractivity contribution in [2.24, 2.45) is 0 Å². The summed E-state index contributed by atoms with van der Waals surface area (Å²) in [4.78, 5) is 27.0. The monoisotopic (exact) mass is 229 g/mol. The predicted octanol–water partition coefficient (Wildman–Crippen LogP) is -1.17. The fourth-order valence-corrected chi connectivity index (χ4v) is 1.27. The summed E-state index contributed by atoms with van der Waals surface area (Å²) in [5.41, 5.74) is -0.278. The molecule has 0 aliphatic rings. The van der Waals surface area contributed by atoms with Gasteiger partial charge in [0.25, 0.3) is 5.91 Å². The van der Waals surface area contributed by atoms with Crippen LogP contribution >= 0.6 is 0 Å². The number of amides is 1. The SMILES string of the molecule is COCC(CCO)NC(=O)c1c[nH]c(=O)[nH]1. The molecule has 0 saturated heterocycles. The van der Waals surface area contributed by atoms with Gasteiger partial charge in [-0.1, -0.05) is 0 Å². The molecule has 1 rings (SSSR count). The zero-order valence-electron chi connectivity index (χ0n) is 8.95. The molecule has 0 aliphatic heterocycles. The van der Waals surface area contributed by atoms with Crippen LogP contribution in [0.4, 0.5) is 0 Å². The molecule has 0 aliphatic carbocycles. The van der Waals surface area contributed by atoms with E-state index in [0.29, 0.717) is 13.0 Å². The lowest BCUT2D eigenvalue weighted by Crippen LogP contribution is -2.39. The summed E-state index contributed by atoms with van der Waals surface area (Å²) in [7, 11) is 1.51. The number of aliphatic hydroxyl groups is 1. The van der Waals surface area contributed by atoms with Gasteiger partial charge in [-0.05, 0) is 6.42 Å². The molecule has 0 aromatic carbocycles. The number of carbonyl (C=O) groups excluding carboxylic acids is 1. The summed E-state index contributed by atoms with van der Waals surface area (Å²) in [6, 6.07) is -0.277. The van der Waals surface area contributed by atoms with Gasteiger partial charge in [0, 0.05) is 19.9 Å². The summed E-state index contributed by atoms with van der Waals surface area (Å²) in [5, 5.41) is 11.4. The van der Waals surface area contributed by atoms with Gasteiger partial charge < -0.3 is 25.1 Å². The fourth-order valence-electron chi connectivity index (χ4n) is 1.27. The minimum atomic E-state index is -0.435. The molecule has 1 heterocycles. The van der Waals surface area contributed by atoms with E-state index in [1.807, 2.05) is 0 Å². The van der Waals surface area contributed by atoms with Gasteiger partial charge in [-0.2, -0.15) is 0 Å². The molecule has 0 radical (unpaired) electrons. The van der Waals surface area contributed by atoms with E-state index in [0.717, 1.165) is 0 Å². The third-order valence-corrected chi connectivity index (χ3v) is 2.02. The standard InChI is InChI=1S/C9H15N3O4/c1-16-5-6(2-3-13)11-8(14)7-4-10-9(15)12-7/h4,6,13H,2-3,5H2,1H3,(H,11,14)(H2,10,12,15). The molecule has 1 amide bonds. The molecule has 0 fully saturated rings. The highest BCUT2D eigenvalue weighted by atomic mass is 16.5. The van der Waals surface area contributed by atoms with Gasteiger partial charge in [0.15, 0.2) is 0 Å². The topological polar surface area (TPSA) is 107 Å². The van der Waals surface area contributed by atoms with Crippen LogP contribution in [-0.4, -0.2) is 47.3 Å². The van der Waals surface area contributed by atoms with Gasteiger partial charge in [0.2, 0.25) is 0 Å². The van der Waals surface area contributed by atoms with E-state index in [2.05, 4.69) is 15.3 Å². The number of H-pyrrole nitrogens is 2. The van der Waals surface area contributed by atoms with Crippen molar-refractivity contribution in [3.63, 3.8) is 0 Å². The Hall–Kier alpha value is -1.60. The molecule has 1 aromatic heterocycles. The van der Waals surface area contributed by atoms with Gasteiger partial charge in [0.1, 0.15) is 5.69 Å². The van der Waals surface area contributed by atoms with Gasteiger partial charge in [-0.3, -0.25) is 4.79 Å². The van der Waals surface area contributed by atoms with E-state index in [4.69, 9.17) is 9.84 Å². The van der Waals surface area contributed by atoms with Crippen molar-refractivity contribution in [3.05, 3.63) is 22.4 Å². The van der Waals surface area contributed by atoms with Crippen molar-refractivity contribution in [1.29, 1.82) is 0 Å². The van der Waals surface area contributed by atoms with E-state index in [9.17, 15) is 9.59 Å². The number of rotatable bonds is 6. The Morgan fingerprint density at radius 1 is 1.69 bits per heavy atom. The van der Waals surface area contributed by atoms with E-state index in [-0.39, 0.29) is 18.3 Å². The van der Waals surface area contributed by atoms with Gasteiger partial charge in [-0.25, -0.2) is 4.79 Å². The Bertz CT molecular complexity index is 378. The fraction of sp³-hybridized carbons (Fsp3) is 0.556. The second-order valence-corrected chi connectivity index (χ2v) is 3.29. The molecule has 4 N–H and O–H groups in total. The maximum Gasteiger partial charge on any atom is 0.323 e. The Kier molecular flexibility index (Phi) is 4.74. The Morgan fingerprint density at radius 2 is 2.44 bits per heavy atom. The number of methoxy groups -OCH3 is 1. The van der Waals surface area contributed by atoms with Crippen molar-refractivity contribution in [2.45, 2.75) is 12.5 Å². The van der Waals surface area contributed by atoms with Crippen LogP contribution in [0.2, 0.25) is 0 Å². The van der Waals surface area contributed by atoms with Crippen LogP contribution in [0.15, 0.2) is 11.0 Å². The number of aromatic amines is 2. The van der Waals surface area contributed by atoms with Crippen LogP contribution in [0.25, 0.3) is 0 Å². The van der Waals surface area contributed by atoms with Crippen LogP contribution < -0.4 is 11.0 Å². The molecular formula is C9H15N3O4. The van der Waals surface area contributed by atoms with Crippen molar-refractivity contribution >= 4 is 5.91 Å². The second kappa shape index (κ2) is 6.09. The quantitative estimate of drug-likeness (QED) is 0.493. The van der Waals surface area contributed by atoms with Crippen LogP contribution in [0, 0.1) is 0 Å². The lowest BCUT2D eigenvalue weighted by Gasteiger charge is -2.15. The highest BCUT2D eigenvalue weighted by molar-refractivity contribution is 5.92. The number of nitrogens with one attached hydrogen (secondary N) is 3. The molecule has 90 valence electrons. The lowest BCUT2D eigenvalue weighted by atomic mass is 10.2. The van der Waals surface area contributed by atoms with E-state index in [1.54, 1.807) is 0 Å². The van der Waals surface area contributed by atoms with E-state index >= 15 is 0 Å². The first-order valence-corrected chi connectivity index (χ1v) is 4.85. The third-order valence-electron chi connectivity index (χ3n) is 2.02. The molecular weight excluding hydrogens is 214 g/mol. The maximum atomic E-state index is 11.6. The summed E-state index contributed by atoms with van der Waals surface area (Å²) >= 11 is 0. The first-order valence-electron chi connectivity index (χ1n) is 4.85. The summed E-state index contributed by atoms with van der Waals surface area (Å²) in [6.07, 6.45) is 1.69. The zero-order chi connectivity index (χ0) is 12.0. The van der Waals surface area contributed by atoms with E-state index in [1.165, 1.54) is 13.3 Å². The number of ether oxygens (including phenoxy) is 1. The first kappa shape index (κ1) is 12.5. The Balaban J connectivity index is 2.57. The molecule has 0 bridgehead atoms. The molecule has 1 aromatic rings. The average molecular weight is 229 g/mol. The van der Waals surface area contributed by atoms with Crippen LogP contribution in [0.5, 0.6) is 0 Å². The van der Waals surface area contributed by atoms with Crippen molar-refractivity contribution in [1.82, 2.24) is 15.3 Å². The normalized spacial score (nSPS) is 12.4. The highest BCUT2D eigenvalue weighted by Gasteiger charge is 2.14. The smallest absolute Gasteiger partial charge is 0.323 e. The molecule has 7 nitrogen and oxygen atoms in total. The van der Waals surface area contributed by atoms with Crippen LogP contribution in [0.1, 0.15) is 16.9 Å². The molecule has 0 saturated carbocycles. The van der Waals surface area contributed by atoms with Gasteiger partial charge in [0.05, 0.1) is 12.6 Å². The van der Waals surface area contributed by atoms with Crippen LogP contribution in [0.3, 0.4) is 0 Å². The largest absolute Gasteiger partial charge is 0.396 e. The van der Waals surface area contributed by atoms with Crippen molar-refractivity contribution in [2.75, 3.05) is 20.3 Å². The predicted molar refractivity (Wildman–Crippen MR) is 56.2 cm³/mol. The maximum absolute atomic E-state index is 11.6. The first-order chi connectivity index (χ1) is 7.67. The molecule has 1 unspecified atom stereocenters. The minimum absolute atomic E-state index is 0.0437. The van der Waals surface area contributed by atoms with Gasteiger partial charge in [-0.15, -0.1) is 0 Å². The zero-order valence-corrected chi connectivity index (χ0v) is 8.95. The number of carbonyl (C=O) groups is 1. The number of aliphatic hydroxyl groups excluding tert-OH is 1. The summed E-state index contributed by atoms with van der Waals surface area (Å²) < 4.78 is 4.89. The average Bonchev–Trinajstić information content (AvgIpc) is 2.65. The van der Waals surface area contributed by atoms with E-state index < -0.39 is 11.6 Å².